The minimum absolute atomic E-state index is 0.105. The molecule has 0 atom stereocenters. The summed E-state index contributed by atoms with van der Waals surface area (Å²) in [5.41, 5.74) is 0.277. The Kier molecular flexibility index (Phi) is 2.94. The van der Waals surface area contributed by atoms with E-state index in [4.69, 9.17) is 14.6 Å². The smallest absolute Gasteiger partial charge is 0.303 e. The van der Waals surface area contributed by atoms with Crippen LogP contribution in [-0.4, -0.2) is 24.3 Å². The van der Waals surface area contributed by atoms with Crippen molar-refractivity contribution in [3.63, 3.8) is 0 Å². The van der Waals surface area contributed by atoms with Gasteiger partial charge in [0.2, 0.25) is 0 Å². The number of benzene rings is 1. The highest BCUT2D eigenvalue weighted by molar-refractivity contribution is 5.67. The number of halogens is 1. The van der Waals surface area contributed by atoms with Crippen molar-refractivity contribution in [1.82, 2.24) is 0 Å². The van der Waals surface area contributed by atoms with Crippen LogP contribution in [0.4, 0.5) is 4.39 Å². The molecule has 1 aliphatic heterocycles. The Morgan fingerprint density at radius 3 is 2.88 bits per heavy atom. The van der Waals surface area contributed by atoms with Crippen molar-refractivity contribution in [3.05, 3.63) is 23.5 Å². The fourth-order valence-corrected chi connectivity index (χ4v) is 1.61. The number of hydrogen-bond acceptors (Lipinski definition) is 3. The molecule has 0 bridgehead atoms. The van der Waals surface area contributed by atoms with Gasteiger partial charge in [-0.25, -0.2) is 4.39 Å². The van der Waals surface area contributed by atoms with Gasteiger partial charge in [0, 0.05) is 12.0 Å². The summed E-state index contributed by atoms with van der Waals surface area (Å²) in [6.45, 7) is 0.785. The summed E-state index contributed by atoms with van der Waals surface area (Å²) in [6, 6.07) is 2.76. The number of carboxylic acid groups (broad SMARTS) is 1. The van der Waals surface area contributed by atoms with Crippen molar-refractivity contribution in [1.29, 1.82) is 0 Å². The molecule has 1 N–H and O–H groups in total. The Morgan fingerprint density at radius 1 is 1.38 bits per heavy atom. The number of ether oxygens (including phenoxy) is 2. The monoisotopic (exact) mass is 226 g/mol. The normalized spacial score (nSPS) is 13.6. The average molecular weight is 226 g/mol. The first kappa shape index (κ1) is 10.7. The van der Waals surface area contributed by atoms with Crippen molar-refractivity contribution in [2.45, 2.75) is 12.8 Å². The fourth-order valence-electron chi connectivity index (χ4n) is 1.61. The quantitative estimate of drug-likeness (QED) is 0.850. The van der Waals surface area contributed by atoms with E-state index in [0.29, 0.717) is 24.7 Å². The van der Waals surface area contributed by atoms with E-state index < -0.39 is 11.8 Å². The van der Waals surface area contributed by atoms with Crippen molar-refractivity contribution in [3.8, 4) is 11.5 Å². The Balaban J connectivity index is 2.30. The molecule has 0 unspecified atom stereocenters. The molecule has 0 saturated heterocycles. The molecule has 1 aliphatic rings. The summed E-state index contributed by atoms with van der Waals surface area (Å²) in [6.07, 6.45) is -0.0234. The van der Waals surface area contributed by atoms with Crippen LogP contribution < -0.4 is 9.47 Å². The van der Waals surface area contributed by atoms with E-state index in [2.05, 4.69) is 0 Å². The molecule has 1 heterocycles. The second kappa shape index (κ2) is 4.38. The summed E-state index contributed by atoms with van der Waals surface area (Å²) >= 11 is 0. The summed E-state index contributed by atoms with van der Waals surface area (Å²) in [5, 5.41) is 8.58. The SMILES string of the molecule is O=C(O)CCc1c(F)ccc2c1OCCO2. The molecule has 5 heteroatoms. The molecule has 0 aromatic heterocycles. The molecular weight excluding hydrogens is 215 g/mol. The second-order valence-electron chi connectivity index (χ2n) is 3.44. The van der Waals surface area contributed by atoms with Crippen LogP contribution in [-0.2, 0) is 11.2 Å². The number of rotatable bonds is 3. The molecule has 0 amide bonds. The van der Waals surface area contributed by atoms with E-state index >= 15 is 0 Å². The number of hydrogen-bond donors (Lipinski definition) is 1. The Labute approximate surface area is 91.6 Å². The first-order valence-electron chi connectivity index (χ1n) is 4.97. The van der Waals surface area contributed by atoms with E-state index in [9.17, 15) is 9.18 Å². The van der Waals surface area contributed by atoms with Crippen LogP contribution in [0.25, 0.3) is 0 Å². The van der Waals surface area contributed by atoms with Gasteiger partial charge in [-0.3, -0.25) is 4.79 Å². The van der Waals surface area contributed by atoms with Crippen LogP contribution in [0.15, 0.2) is 12.1 Å². The van der Waals surface area contributed by atoms with Crippen molar-refractivity contribution in [2.75, 3.05) is 13.2 Å². The molecule has 1 aromatic carbocycles. The van der Waals surface area contributed by atoms with Gasteiger partial charge >= 0.3 is 5.97 Å². The van der Waals surface area contributed by atoms with Crippen LogP contribution >= 0.6 is 0 Å². The van der Waals surface area contributed by atoms with Gasteiger partial charge in [-0.15, -0.1) is 0 Å². The van der Waals surface area contributed by atoms with Crippen LogP contribution in [0.1, 0.15) is 12.0 Å². The number of carbonyl (C=O) groups is 1. The van der Waals surface area contributed by atoms with Crippen molar-refractivity contribution in [2.24, 2.45) is 0 Å². The van der Waals surface area contributed by atoms with Crippen molar-refractivity contribution < 1.29 is 23.8 Å². The first-order chi connectivity index (χ1) is 7.68. The molecule has 0 spiro atoms. The van der Waals surface area contributed by atoms with Crippen LogP contribution in [0.3, 0.4) is 0 Å². The van der Waals surface area contributed by atoms with Gasteiger partial charge in [0.15, 0.2) is 11.5 Å². The standard InChI is InChI=1S/C11H11FO4/c12-8-2-3-9-11(16-6-5-15-9)7(8)1-4-10(13)14/h2-3H,1,4-6H2,(H,13,14). The topological polar surface area (TPSA) is 55.8 Å². The maximum atomic E-state index is 13.5. The predicted molar refractivity (Wildman–Crippen MR) is 53.3 cm³/mol. The van der Waals surface area contributed by atoms with E-state index in [1.165, 1.54) is 12.1 Å². The molecule has 86 valence electrons. The zero-order valence-electron chi connectivity index (χ0n) is 8.53. The maximum Gasteiger partial charge on any atom is 0.303 e. The van der Waals surface area contributed by atoms with Gasteiger partial charge in [-0.2, -0.15) is 0 Å². The van der Waals surface area contributed by atoms with Gasteiger partial charge < -0.3 is 14.6 Å². The summed E-state index contributed by atoms with van der Waals surface area (Å²) in [4.78, 5) is 10.5. The number of aliphatic carboxylic acids is 1. The third kappa shape index (κ3) is 2.08. The van der Waals surface area contributed by atoms with Gasteiger partial charge in [-0.1, -0.05) is 0 Å². The summed E-state index contributed by atoms with van der Waals surface area (Å²) in [5.74, 6) is -0.597. The zero-order chi connectivity index (χ0) is 11.5. The van der Waals surface area contributed by atoms with Crippen LogP contribution in [0.5, 0.6) is 11.5 Å². The van der Waals surface area contributed by atoms with E-state index in [1.54, 1.807) is 0 Å². The molecule has 16 heavy (non-hydrogen) atoms. The van der Waals surface area contributed by atoms with Gasteiger partial charge in [0.1, 0.15) is 19.0 Å². The zero-order valence-corrected chi connectivity index (χ0v) is 8.53. The molecule has 0 fully saturated rings. The summed E-state index contributed by atoms with van der Waals surface area (Å²) in [7, 11) is 0. The number of carboxylic acids is 1. The Bertz CT molecular complexity index is 417. The summed E-state index contributed by atoms with van der Waals surface area (Å²) < 4.78 is 24.1. The maximum absolute atomic E-state index is 13.5. The fraction of sp³-hybridized carbons (Fsp3) is 0.364. The van der Waals surface area contributed by atoms with Crippen LogP contribution in [0.2, 0.25) is 0 Å². The molecule has 2 rings (SSSR count). The third-order valence-electron chi connectivity index (χ3n) is 2.34. The van der Waals surface area contributed by atoms with E-state index in [-0.39, 0.29) is 18.4 Å². The van der Waals surface area contributed by atoms with E-state index in [0.717, 1.165) is 0 Å². The minimum Gasteiger partial charge on any atom is -0.486 e. The highest BCUT2D eigenvalue weighted by Crippen LogP contribution is 2.35. The Hall–Kier alpha value is -1.78. The average Bonchev–Trinajstić information content (AvgIpc) is 2.27. The van der Waals surface area contributed by atoms with Gasteiger partial charge in [-0.05, 0) is 18.6 Å². The molecule has 0 radical (unpaired) electrons. The minimum atomic E-state index is -0.964. The molecule has 0 saturated carbocycles. The lowest BCUT2D eigenvalue weighted by molar-refractivity contribution is -0.136. The van der Waals surface area contributed by atoms with Crippen molar-refractivity contribution >= 4 is 5.97 Å². The molecule has 4 nitrogen and oxygen atoms in total. The van der Waals surface area contributed by atoms with Crippen LogP contribution in [0, 0.1) is 5.82 Å². The molecule has 1 aromatic rings. The highest BCUT2D eigenvalue weighted by atomic mass is 19.1. The van der Waals surface area contributed by atoms with Gasteiger partial charge in [0.25, 0.3) is 0 Å². The number of fused-ring (bicyclic) bond motifs is 1. The molecule has 0 aliphatic carbocycles. The Morgan fingerprint density at radius 2 is 2.12 bits per heavy atom. The lowest BCUT2D eigenvalue weighted by Crippen LogP contribution is -2.17. The van der Waals surface area contributed by atoms with Gasteiger partial charge in [0.05, 0.1) is 0 Å². The molecular formula is C11H11FO4. The highest BCUT2D eigenvalue weighted by Gasteiger charge is 2.19. The predicted octanol–water partition coefficient (Wildman–Crippen LogP) is 1.61. The largest absolute Gasteiger partial charge is 0.486 e. The van der Waals surface area contributed by atoms with E-state index in [1.807, 2.05) is 0 Å². The lowest BCUT2D eigenvalue weighted by Gasteiger charge is -2.21. The third-order valence-corrected chi connectivity index (χ3v) is 2.34. The lowest BCUT2D eigenvalue weighted by atomic mass is 10.1. The first-order valence-corrected chi connectivity index (χ1v) is 4.97. The second-order valence-corrected chi connectivity index (χ2v) is 3.44.